The van der Waals surface area contributed by atoms with Crippen molar-refractivity contribution in [2.24, 2.45) is 0 Å². The monoisotopic (exact) mass is 710 g/mol. The molecule has 0 bridgehead atoms. The third-order valence-electron chi connectivity index (χ3n) is 9.41. The number of likely N-dealkylation sites (tertiary alicyclic amines) is 1. The largest absolute Gasteiger partial charge is 0.444 e. The molecule has 4 fully saturated rings. The van der Waals surface area contributed by atoms with Crippen molar-refractivity contribution in [3.63, 3.8) is 0 Å². The Kier molecular flexibility index (Phi) is 13.7. The molecule has 272 valence electrons. The topological polar surface area (TPSA) is 158 Å². The summed E-state index contributed by atoms with van der Waals surface area (Å²) in [5.41, 5.74) is 3.92. The van der Waals surface area contributed by atoms with Gasteiger partial charge < -0.3 is 25.6 Å². The zero-order valence-electron chi connectivity index (χ0n) is 29.2. The summed E-state index contributed by atoms with van der Waals surface area (Å²) in [6.07, 6.45) is 5.75. The van der Waals surface area contributed by atoms with Crippen molar-refractivity contribution < 1.29 is 28.7 Å². The third kappa shape index (κ3) is 11.2. The summed E-state index contributed by atoms with van der Waals surface area (Å²) in [7, 11) is 0. The molecule has 6 rings (SSSR count). The Bertz CT molecular complexity index is 1480. The highest BCUT2D eigenvalue weighted by Crippen LogP contribution is 2.30. The number of piperidine rings is 4. The number of rotatable bonds is 6. The molecule has 0 unspecified atom stereocenters. The summed E-state index contributed by atoms with van der Waals surface area (Å²) in [5.74, 6) is 0.151. The number of amides is 5. The van der Waals surface area contributed by atoms with Crippen molar-refractivity contribution in [2.75, 3.05) is 36.8 Å². The van der Waals surface area contributed by atoms with E-state index in [0.717, 1.165) is 37.3 Å². The van der Waals surface area contributed by atoms with Gasteiger partial charge in [-0.05, 0) is 120 Å². The maximum absolute atomic E-state index is 12.2. The van der Waals surface area contributed by atoms with Gasteiger partial charge in [-0.3, -0.25) is 29.8 Å². The fourth-order valence-electron chi connectivity index (χ4n) is 6.65. The van der Waals surface area contributed by atoms with Crippen LogP contribution in [-0.2, 0) is 23.9 Å². The second-order valence-electron chi connectivity index (χ2n) is 14.3. The van der Waals surface area contributed by atoms with Crippen molar-refractivity contribution in [3.05, 3.63) is 59.7 Å². The number of imide groups is 2. The Morgan fingerprint density at radius 3 is 1.50 bits per heavy atom. The molecule has 2 aromatic carbocycles. The lowest BCUT2D eigenvalue weighted by Gasteiger charge is -2.33. The molecule has 0 radical (unpaired) electrons. The van der Waals surface area contributed by atoms with Crippen LogP contribution in [0.1, 0.15) is 95.1 Å². The number of hydrogen-bond acceptors (Lipinski definition) is 9. The second kappa shape index (κ2) is 17.7. The lowest BCUT2D eigenvalue weighted by Crippen LogP contribution is -2.47. The lowest BCUT2D eigenvalue weighted by atomic mass is 9.89. The van der Waals surface area contributed by atoms with E-state index in [0.29, 0.717) is 50.6 Å². The van der Waals surface area contributed by atoms with Crippen LogP contribution in [0.3, 0.4) is 0 Å². The van der Waals surface area contributed by atoms with Gasteiger partial charge in [0.15, 0.2) is 0 Å². The Balaban J connectivity index is 0.000000229. The first-order valence-electron chi connectivity index (χ1n) is 17.5. The molecule has 2 aromatic rings. The fraction of sp³-hybridized carbons (Fsp3) is 0.541. The molecule has 5 N–H and O–H groups in total. The average Bonchev–Trinajstić information content (AvgIpc) is 3.08. The second-order valence-corrected chi connectivity index (χ2v) is 14.3. The summed E-state index contributed by atoms with van der Waals surface area (Å²) in [6.45, 7) is 9.18. The molecule has 0 saturated carbocycles. The van der Waals surface area contributed by atoms with Gasteiger partial charge in [0, 0.05) is 37.3 Å². The molecule has 2 atom stereocenters. The van der Waals surface area contributed by atoms with E-state index in [1.165, 1.54) is 24.0 Å². The fourth-order valence-corrected chi connectivity index (χ4v) is 6.65. The highest BCUT2D eigenvalue weighted by molar-refractivity contribution is 6.02. The smallest absolute Gasteiger partial charge is 0.410 e. The Morgan fingerprint density at radius 2 is 1.10 bits per heavy atom. The summed E-state index contributed by atoms with van der Waals surface area (Å²) in [5, 5.41) is 14.5. The Labute approximate surface area is 300 Å². The quantitative estimate of drug-likeness (QED) is 0.266. The number of halogens is 1. The molecule has 0 aliphatic carbocycles. The lowest BCUT2D eigenvalue weighted by molar-refractivity contribution is -0.135. The number of hydrogen-bond donors (Lipinski definition) is 5. The van der Waals surface area contributed by atoms with Crippen LogP contribution in [-0.4, -0.2) is 78.5 Å². The predicted molar refractivity (Wildman–Crippen MR) is 194 cm³/mol. The molecule has 0 spiro atoms. The molecule has 12 nitrogen and oxygen atoms in total. The number of anilines is 2. The van der Waals surface area contributed by atoms with Crippen molar-refractivity contribution in [3.8, 4) is 0 Å². The molecular formula is C37H51ClN6O6. The first-order valence-corrected chi connectivity index (χ1v) is 17.5. The van der Waals surface area contributed by atoms with Gasteiger partial charge in [0.05, 0.1) is 0 Å². The van der Waals surface area contributed by atoms with Gasteiger partial charge in [0.2, 0.25) is 23.6 Å². The zero-order valence-corrected chi connectivity index (χ0v) is 30.0. The summed E-state index contributed by atoms with van der Waals surface area (Å²) >= 11 is 0. The van der Waals surface area contributed by atoms with E-state index >= 15 is 0 Å². The molecule has 50 heavy (non-hydrogen) atoms. The third-order valence-corrected chi connectivity index (χ3v) is 9.41. The molecule has 13 heteroatoms. The molecule has 0 aromatic heterocycles. The minimum Gasteiger partial charge on any atom is -0.444 e. The van der Waals surface area contributed by atoms with E-state index in [1.54, 1.807) is 4.90 Å². The van der Waals surface area contributed by atoms with E-state index in [1.807, 2.05) is 45.0 Å². The van der Waals surface area contributed by atoms with E-state index in [4.69, 9.17) is 4.74 Å². The van der Waals surface area contributed by atoms with Crippen LogP contribution in [0.15, 0.2) is 48.5 Å². The van der Waals surface area contributed by atoms with Crippen molar-refractivity contribution in [1.82, 2.24) is 20.9 Å². The molecular weight excluding hydrogens is 660 g/mol. The van der Waals surface area contributed by atoms with Gasteiger partial charge in [0.1, 0.15) is 17.7 Å². The standard InChI is InChI=1S/C21H29N3O4.C16H21N3O2.ClH/c1-21(2,3)28-20(27)24-12-10-15(11-13-24)14-4-6-16(7-5-14)22-17-8-9-18(25)23-19(17)26;20-15-6-5-14(16(21)19-15)18-13-3-1-11(2-4-13)12-7-9-17-10-8-12;/h4-7,15,17,22H,8-13H2,1-3H3,(H,23,25,26);1-4,12,14,17-18H,5-10H2,(H,19,20,21);1H/t17-;14-;/m11./s1. The first kappa shape index (κ1) is 38.6. The normalized spacial score (nSPS) is 21.9. The number of ether oxygens (including phenoxy) is 1. The number of carbonyl (C=O) groups excluding carboxylic acids is 5. The van der Waals surface area contributed by atoms with Crippen molar-refractivity contribution >= 4 is 53.5 Å². The number of nitrogens with one attached hydrogen (secondary N) is 5. The molecule has 5 amide bonds. The van der Waals surface area contributed by atoms with Gasteiger partial charge in [0.25, 0.3) is 0 Å². The Hall–Kier alpha value is -4.16. The summed E-state index contributed by atoms with van der Waals surface area (Å²) in [4.78, 5) is 59.9. The number of benzene rings is 2. The number of nitrogens with zero attached hydrogens (tertiary/aromatic N) is 1. The molecule has 4 saturated heterocycles. The van der Waals surface area contributed by atoms with Crippen molar-refractivity contribution in [1.29, 1.82) is 0 Å². The van der Waals surface area contributed by atoms with Gasteiger partial charge >= 0.3 is 6.09 Å². The average molecular weight is 711 g/mol. The highest BCUT2D eigenvalue weighted by Gasteiger charge is 2.29. The summed E-state index contributed by atoms with van der Waals surface area (Å²) in [6, 6.07) is 15.7. The van der Waals surface area contributed by atoms with Gasteiger partial charge in [-0.25, -0.2) is 4.79 Å². The van der Waals surface area contributed by atoms with Crippen LogP contribution in [0.4, 0.5) is 16.2 Å². The highest BCUT2D eigenvalue weighted by atomic mass is 35.5. The van der Waals surface area contributed by atoms with Gasteiger partial charge in [-0.15, -0.1) is 12.4 Å². The maximum Gasteiger partial charge on any atom is 0.410 e. The van der Waals surface area contributed by atoms with E-state index < -0.39 is 5.60 Å². The minimum absolute atomic E-state index is 0. The van der Waals surface area contributed by atoms with E-state index in [-0.39, 0.29) is 54.2 Å². The maximum atomic E-state index is 12.2. The molecule has 4 heterocycles. The van der Waals surface area contributed by atoms with Crippen LogP contribution in [0.25, 0.3) is 0 Å². The minimum atomic E-state index is -0.473. The number of carbonyl (C=O) groups is 5. The van der Waals surface area contributed by atoms with Crippen LogP contribution in [0, 0.1) is 0 Å². The predicted octanol–water partition coefficient (Wildman–Crippen LogP) is 4.81. The summed E-state index contributed by atoms with van der Waals surface area (Å²) < 4.78 is 5.45. The molecule has 4 aliphatic rings. The van der Waals surface area contributed by atoms with Crippen molar-refractivity contribution in [2.45, 2.75) is 102 Å². The van der Waals surface area contributed by atoms with E-state index in [2.05, 4.69) is 50.8 Å². The molecule has 4 aliphatic heterocycles. The van der Waals surface area contributed by atoms with Crippen LogP contribution in [0.2, 0.25) is 0 Å². The Morgan fingerprint density at radius 1 is 0.680 bits per heavy atom. The first-order chi connectivity index (χ1) is 23.4. The van der Waals surface area contributed by atoms with Crippen LogP contribution in [0.5, 0.6) is 0 Å². The van der Waals surface area contributed by atoms with E-state index in [9.17, 15) is 24.0 Å². The van der Waals surface area contributed by atoms with Gasteiger partial charge in [-0.1, -0.05) is 24.3 Å². The SMILES string of the molecule is CC(C)(C)OC(=O)N1CCC(c2ccc(N[C@@H]3CCC(=O)NC3=O)cc2)CC1.Cl.O=C1CC[C@@H](Nc2ccc(C3CCNCC3)cc2)C(=O)N1. The zero-order chi connectivity index (χ0) is 35.0. The van der Waals surface area contributed by atoms with Gasteiger partial charge in [-0.2, -0.15) is 0 Å². The van der Waals surface area contributed by atoms with Crippen LogP contribution >= 0.6 is 12.4 Å². The van der Waals surface area contributed by atoms with Crippen LogP contribution < -0.4 is 26.6 Å².